The van der Waals surface area contributed by atoms with Crippen molar-refractivity contribution >= 4 is 28.9 Å². The van der Waals surface area contributed by atoms with E-state index >= 15 is 0 Å². The van der Waals surface area contributed by atoms with Gasteiger partial charge >= 0.3 is 5.97 Å². The zero-order chi connectivity index (χ0) is 14.4. The number of benzene rings is 2. The number of hydrogen-bond donors (Lipinski definition) is 4. The predicted octanol–water partition coefficient (Wildman–Crippen LogP) is 3.30. The zero-order valence-electron chi connectivity index (χ0n) is 9.85. The van der Waals surface area contributed by atoms with Crippen molar-refractivity contribution in [2.75, 3.05) is 5.32 Å². The Morgan fingerprint density at radius 3 is 2.60 bits per heavy atom. The van der Waals surface area contributed by atoms with Gasteiger partial charge in [-0.3, -0.25) is 0 Å². The molecular weight excluding hydrogens is 286 g/mol. The summed E-state index contributed by atoms with van der Waals surface area (Å²) < 4.78 is 5.46. The smallest absolute Gasteiger partial charge is 0.343 e. The summed E-state index contributed by atoms with van der Waals surface area (Å²) in [6, 6.07) is 5.47. The molecule has 6 nitrogen and oxygen atoms in total. The van der Waals surface area contributed by atoms with E-state index in [4.69, 9.17) is 21.4 Å². The van der Waals surface area contributed by atoms with Crippen LogP contribution >= 0.6 is 11.6 Å². The lowest BCUT2D eigenvalue weighted by molar-refractivity contribution is 0.0691. The predicted molar refractivity (Wildman–Crippen MR) is 71.5 cm³/mol. The van der Waals surface area contributed by atoms with Crippen molar-refractivity contribution in [1.82, 2.24) is 0 Å². The number of hydrogen-bond acceptors (Lipinski definition) is 5. The number of aromatic carboxylic acids is 1. The molecule has 0 saturated carbocycles. The molecule has 3 rings (SSSR count). The molecule has 0 radical (unpaired) electrons. The van der Waals surface area contributed by atoms with E-state index in [-0.39, 0.29) is 27.8 Å². The van der Waals surface area contributed by atoms with Gasteiger partial charge < -0.3 is 25.4 Å². The highest BCUT2D eigenvalue weighted by atomic mass is 35.5. The van der Waals surface area contributed by atoms with Gasteiger partial charge in [0.05, 0.1) is 16.4 Å². The fraction of sp³-hybridized carbons (Fsp3) is 0. The monoisotopic (exact) mass is 293 g/mol. The number of phenolic OH excluding ortho intramolecular Hbond substituents is 1. The van der Waals surface area contributed by atoms with Gasteiger partial charge in [-0.25, -0.2) is 4.79 Å². The van der Waals surface area contributed by atoms with Gasteiger partial charge in [0.2, 0.25) is 0 Å². The summed E-state index contributed by atoms with van der Waals surface area (Å²) in [6.07, 6.45) is 0. The number of rotatable bonds is 1. The van der Waals surface area contributed by atoms with Crippen molar-refractivity contribution in [3.63, 3.8) is 0 Å². The molecule has 0 fully saturated rings. The van der Waals surface area contributed by atoms with Crippen molar-refractivity contribution in [3.05, 3.63) is 34.9 Å². The molecule has 0 bridgehead atoms. The summed E-state index contributed by atoms with van der Waals surface area (Å²) in [5.41, 5.74) is 0.520. The van der Waals surface area contributed by atoms with Crippen LogP contribution in [0.2, 0.25) is 5.02 Å². The minimum Gasteiger partial charge on any atom is -0.507 e. The highest BCUT2D eigenvalue weighted by Crippen LogP contribution is 2.48. The molecule has 0 aromatic heterocycles. The van der Waals surface area contributed by atoms with Crippen LogP contribution in [-0.2, 0) is 0 Å². The van der Waals surface area contributed by atoms with Crippen LogP contribution in [0.5, 0.6) is 23.0 Å². The number of carboxylic acid groups (broad SMARTS) is 1. The molecule has 0 aliphatic carbocycles. The average molecular weight is 294 g/mol. The van der Waals surface area contributed by atoms with E-state index in [1.807, 2.05) is 0 Å². The van der Waals surface area contributed by atoms with Gasteiger partial charge in [0.15, 0.2) is 11.5 Å². The highest BCUT2D eigenvalue weighted by Gasteiger charge is 2.26. The van der Waals surface area contributed by atoms with Crippen LogP contribution in [0.25, 0.3) is 0 Å². The standard InChI is InChI=1S/C13H8ClNO5/c14-5-3-7-10(4-9(5)17)20-12-6(15-7)1-2-8(16)11(12)13(18)19/h1-4,15-17H,(H,18,19). The molecule has 2 aromatic carbocycles. The molecule has 0 amide bonds. The number of nitrogens with one attached hydrogen (secondary N) is 1. The molecule has 1 aliphatic rings. The maximum atomic E-state index is 11.2. The summed E-state index contributed by atoms with van der Waals surface area (Å²) in [4.78, 5) is 11.2. The van der Waals surface area contributed by atoms with Crippen molar-refractivity contribution < 1.29 is 24.9 Å². The third-order valence-electron chi connectivity index (χ3n) is 2.88. The van der Waals surface area contributed by atoms with Gasteiger partial charge in [-0.05, 0) is 18.2 Å². The number of carboxylic acids is 1. The molecule has 1 aliphatic heterocycles. The third-order valence-corrected chi connectivity index (χ3v) is 3.18. The highest BCUT2D eigenvalue weighted by molar-refractivity contribution is 6.32. The number of halogens is 1. The normalized spacial score (nSPS) is 11.8. The van der Waals surface area contributed by atoms with Crippen LogP contribution in [0.15, 0.2) is 24.3 Å². The second-order valence-electron chi connectivity index (χ2n) is 4.17. The van der Waals surface area contributed by atoms with Crippen molar-refractivity contribution in [2.24, 2.45) is 0 Å². The molecule has 1 heterocycles. The van der Waals surface area contributed by atoms with E-state index in [0.717, 1.165) is 0 Å². The maximum Gasteiger partial charge on any atom is 0.343 e. The van der Waals surface area contributed by atoms with Crippen molar-refractivity contribution in [2.45, 2.75) is 0 Å². The molecule has 7 heteroatoms. The summed E-state index contributed by atoms with van der Waals surface area (Å²) in [7, 11) is 0. The van der Waals surface area contributed by atoms with Gasteiger partial charge in [0, 0.05) is 6.07 Å². The second kappa shape index (κ2) is 4.21. The van der Waals surface area contributed by atoms with E-state index < -0.39 is 11.7 Å². The summed E-state index contributed by atoms with van der Waals surface area (Å²) in [6.45, 7) is 0. The van der Waals surface area contributed by atoms with E-state index in [9.17, 15) is 15.0 Å². The number of phenols is 2. The van der Waals surface area contributed by atoms with Crippen LogP contribution in [-0.4, -0.2) is 21.3 Å². The van der Waals surface area contributed by atoms with Crippen LogP contribution < -0.4 is 10.1 Å². The molecule has 2 aromatic rings. The number of anilines is 2. The van der Waals surface area contributed by atoms with Crippen LogP contribution in [0.4, 0.5) is 11.4 Å². The molecular formula is C13H8ClNO5. The van der Waals surface area contributed by atoms with Gasteiger partial charge in [0.25, 0.3) is 0 Å². The largest absolute Gasteiger partial charge is 0.507 e. The average Bonchev–Trinajstić information content (AvgIpc) is 2.38. The van der Waals surface area contributed by atoms with Gasteiger partial charge in [-0.15, -0.1) is 0 Å². The first-order valence-electron chi connectivity index (χ1n) is 5.54. The lowest BCUT2D eigenvalue weighted by Gasteiger charge is -2.23. The quantitative estimate of drug-likeness (QED) is 0.514. The Kier molecular flexibility index (Phi) is 2.62. The summed E-state index contributed by atoms with van der Waals surface area (Å²) in [5.74, 6) is -1.71. The van der Waals surface area contributed by atoms with Crippen molar-refractivity contribution in [1.29, 1.82) is 0 Å². The number of ether oxygens (including phenoxy) is 1. The first-order valence-corrected chi connectivity index (χ1v) is 5.92. The van der Waals surface area contributed by atoms with E-state index in [0.29, 0.717) is 11.4 Å². The second-order valence-corrected chi connectivity index (χ2v) is 4.58. The first kappa shape index (κ1) is 12.4. The first-order chi connectivity index (χ1) is 9.47. The van der Waals surface area contributed by atoms with E-state index in [2.05, 4.69) is 5.32 Å². The molecule has 0 unspecified atom stereocenters. The topological polar surface area (TPSA) is 99.0 Å². The summed E-state index contributed by atoms with van der Waals surface area (Å²) >= 11 is 5.80. The molecule has 20 heavy (non-hydrogen) atoms. The number of aromatic hydroxyl groups is 2. The van der Waals surface area contributed by atoms with Gasteiger partial charge in [-0.2, -0.15) is 0 Å². The molecule has 0 saturated heterocycles. The maximum absolute atomic E-state index is 11.2. The van der Waals surface area contributed by atoms with Crippen molar-refractivity contribution in [3.8, 4) is 23.0 Å². The molecule has 0 atom stereocenters. The van der Waals surface area contributed by atoms with Crippen LogP contribution in [0, 0.1) is 0 Å². The minimum absolute atomic E-state index is 0.0216. The van der Waals surface area contributed by atoms with E-state index in [1.165, 1.54) is 24.3 Å². The Hall–Kier alpha value is -2.60. The SMILES string of the molecule is O=C(O)c1c(O)ccc2c1Oc1cc(O)c(Cl)cc1N2. The number of carbonyl (C=O) groups is 1. The van der Waals surface area contributed by atoms with E-state index in [1.54, 1.807) is 0 Å². The Morgan fingerprint density at radius 1 is 1.15 bits per heavy atom. The lowest BCUT2D eigenvalue weighted by atomic mass is 10.1. The Balaban J connectivity index is 2.18. The van der Waals surface area contributed by atoms with Crippen LogP contribution in [0.3, 0.4) is 0 Å². The third kappa shape index (κ3) is 1.78. The van der Waals surface area contributed by atoms with Gasteiger partial charge in [-0.1, -0.05) is 11.6 Å². The van der Waals surface area contributed by atoms with Gasteiger partial charge in [0.1, 0.15) is 17.1 Å². The number of fused-ring (bicyclic) bond motifs is 2. The Morgan fingerprint density at radius 2 is 1.90 bits per heavy atom. The Labute approximate surface area is 117 Å². The molecule has 0 spiro atoms. The van der Waals surface area contributed by atoms with Crippen LogP contribution in [0.1, 0.15) is 10.4 Å². The minimum atomic E-state index is -1.32. The molecule has 102 valence electrons. The zero-order valence-corrected chi connectivity index (χ0v) is 10.6. The molecule has 4 N–H and O–H groups in total. The lowest BCUT2D eigenvalue weighted by Crippen LogP contribution is -2.08. The fourth-order valence-corrected chi connectivity index (χ4v) is 2.13. The Bertz CT molecular complexity index is 744. The summed E-state index contributed by atoms with van der Waals surface area (Å²) in [5, 5.41) is 31.4. The fourth-order valence-electron chi connectivity index (χ4n) is 1.96.